The summed E-state index contributed by atoms with van der Waals surface area (Å²) in [5.74, 6) is 0.394. The van der Waals surface area contributed by atoms with Crippen molar-refractivity contribution in [1.29, 1.82) is 0 Å². The first-order valence-corrected chi connectivity index (χ1v) is 11.1. The smallest absolute Gasteiger partial charge is 0.406 e. The monoisotopic (exact) mass is 481 g/mol. The Morgan fingerprint density at radius 3 is 2.60 bits per heavy atom. The molecule has 0 saturated carbocycles. The summed E-state index contributed by atoms with van der Waals surface area (Å²) >= 11 is 0. The Balaban J connectivity index is 1.21. The quantitative estimate of drug-likeness (QED) is 0.455. The number of imidazole rings is 1. The zero-order valence-electron chi connectivity index (χ0n) is 18.6. The predicted molar refractivity (Wildman–Crippen MR) is 124 cm³/mol. The van der Waals surface area contributed by atoms with Crippen LogP contribution in [-0.4, -0.2) is 63.2 Å². The van der Waals surface area contributed by atoms with Crippen molar-refractivity contribution in [3.63, 3.8) is 0 Å². The summed E-state index contributed by atoms with van der Waals surface area (Å²) in [6, 6.07) is 15.1. The third-order valence-electron chi connectivity index (χ3n) is 5.86. The molecule has 1 aliphatic rings. The minimum absolute atomic E-state index is 0.0651. The Morgan fingerprint density at radius 1 is 1.03 bits per heavy atom. The number of hydrogen-bond acceptors (Lipinski definition) is 5. The Bertz CT molecular complexity index is 1330. The van der Waals surface area contributed by atoms with Crippen molar-refractivity contribution in [2.75, 3.05) is 26.2 Å². The van der Waals surface area contributed by atoms with Crippen molar-refractivity contribution in [2.24, 2.45) is 0 Å². The first kappa shape index (κ1) is 22.9. The van der Waals surface area contributed by atoms with Crippen molar-refractivity contribution < 1.29 is 22.7 Å². The minimum atomic E-state index is -4.72. The normalized spacial score (nSPS) is 14.9. The Hall–Kier alpha value is -3.92. The second-order valence-electron chi connectivity index (χ2n) is 8.32. The highest BCUT2D eigenvalue weighted by molar-refractivity contribution is 5.97. The van der Waals surface area contributed by atoms with Crippen LogP contribution in [0.25, 0.3) is 22.4 Å². The highest BCUT2D eigenvalue weighted by atomic mass is 19.4. The number of ether oxygens (including phenoxy) is 1. The van der Waals surface area contributed by atoms with Gasteiger partial charge in [-0.15, -0.1) is 13.2 Å². The van der Waals surface area contributed by atoms with Crippen LogP contribution >= 0.6 is 0 Å². The van der Waals surface area contributed by atoms with Crippen LogP contribution in [0.5, 0.6) is 5.75 Å². The summed E-state index contributed by atoms with van der Waals surface area (Å²) in [6.07, 6.45) is -1.30. The van der Waals surface area contributed by atoms with Crippen LogP contribution in [0.2, 0.25) is 0 Å². The maximum Gasteiger partial charge on any atom is 0.573 e. The summed E-state index contributed by atoms with van der Waals surface area (Å²) < 4.78 is 41.4. The molecule has 0 bridgehead atoms. The Kier molecular flexibility index (Phi) is 6.12. The zero-order chi connectivity index (χ0) is 24.4. The number of aromatic nitrogens is 3. The van der Waals surface area contributed by atoms with Crippen LogP contribution in [-0.2, 0) is 6.54 Å². The number of alkyl halides is 3. The third-order valence-corrected chi connectivity index (χ3v) is 5.86. The first-order valence-electron chi connectivity index (χ1n) is 11.1. The van der Waals surface area contributed by atoms with Gasteiger partial charge in [-0.25, -0.2) is 4.98 Å². The molecular formula is C25H22F3N5O2. The molecule has 4 aromatic rings. The summed E-state index contributed by atoms with van der Waals surface area (Å²) in [7, 11) is 0. The van der Waals surface area contributed by atoms with Gasteiger partial charge < -0.3 is 14.6 Å². The number of piperazine rings is 1. The summed E-state index contributed by atoms with van der Waals surface area (Å²) in [4.78, 5) is 28.9. The summed E-state index contributed by atoms with van der Waals surface area (Å²) in [6.45, 7) is 2.77. The van der Waals surface area contributed by atoms with Crippen LogP contribution in [0.4, 0.5) is 13.2 Å². The van der Waals surface area contributed by atoms with E-state index in [9.17, 15) is 18.0 Å². The lowest BCUT2D eigenvalue weighted by atomic mass is 10.1. The van der Waals surface area contributed by atoms with E-state index < -0.39 is 6.36 Å². The molecule has 3 heterocycles. The lowest BCUT2D eigenvalue weighted by molar-refractivity contribution is -0.274. The number of rotatable bonds is 5. The van der Waals surface area contributed by atoms with E-state index in [-0.39, 0.29) is 11.7 Å². The molecule has 2 aromatic heterocycles. The molecule has 0 unspecified atom stereocenters. The van der Waals surface area contributed by atoms with Gasteiger partial charge in [-0.05, 0) is 48.0 Å². The molecule has 0 atom stereocenters. The molecule has 1 fully saturated rings. The minimum Gasteiger partial charge on any atom is -0.406 e. The maximum absolute atomic E-state index is 13.1. The molecular weight excluding hydrogens is 459 g/mol. The number of benzene rings is 2. The van der Waals surface area contributed by atoms with Crippen molar-refractivity contribution in [3.8, 4) is 17.1 Å². The van der Waals surface area contributed by atoms with Crippen molar-refractivity contribution in [2.45, 2.75) is 12.9 Å². The van der Waals surface area contributed by atoms with Crippen molar-refractivity contribution >= 4 is 16.9 Å². The molecule has 0 aliphatic carbocycles. The molecule has 0 radical (unpaired) electrons. The van der Waals surface area contributed by atoms with Gasteiger partial charge in [0.25, 0.3) is 5.91 Å². The zero-order valence-corrected chi connectivity index (χ0v) is 18.6. The van der Waals surface area contributed by atoms with Crippen molar-refractivity contribution in [3.05, 3.63) is 78.1 Å². The SMILES string of the molecule is O=C(c1ccc2nc(-c3cccnc3)[nH]c2c1)N1CCN(Cc2cccc(OC(F)(F)F)c2)CC1. The van der Waals surface area contributed by atoms with Crippen molar-refractivity contribution in [1.82, 2.24) is 24.8 Å². The molecule has 1 aliphatic heterocycles. The number of aromatic amines is 1. The van der Waals surface area contributed by atoms with E-state index in [1.54, 1.807) is 35.5 Å². The van der Waals surface area contributed by atoms with E-state index in [0.717, 1.165) is 22.2 Å². The van der Waals surface area contributed by atoms with E-state index >= 15 is 0 Å². The molecule has 7 nitrogen and oxygen atoms in total. The van der Waals surface area contributed by atoms with Gasteiger partial charge in [0.2, 0.25) is 0 Å². The average molecular weight is 481 g/mol. The van der Waals surface area contributed by atoms with Gasteiger partial charge in [-0.2, -0.15) is 0 Å². The van der Waals surface area contributed by atoms with Crippen LogP contribution in [0.3, 0.4) is 0 Å². The number of nitrogens with zero attached hydrogens (tertiary/aromatic N) is 4. The predicted octanol–water partition coefficient (Wildman–Crippen LogP) is 4.48. The molecule has 5 rings (SSSR count). The molecule has 2 aromatic carbocycles. The number of nitrogens with one attached hydrogen (secondary N) is 1. The fourth-order valence-electron chi connectivity index (χ4n) is 4.17. The average Bonchev–Trinajstić information content (AvgIpc) is 3.27. The second kappa shape index (κ2) is 9.38. The van der Waals surface area contributed by atoms with E-state index in [0.29, 0.717) is 44.1 Å². The molecule has 1 amide bonds. The number of carbonyl (C=O) groups excluding carboxylic acids is 1. The number of H-pyrrole nitrogens is 1. The van der Waals surface area contributed by atoms with Crippen LogP contribution < -0.4 is 4.74 Å². The number of hydrogen-bond donors (Lipinski definition) is 1. The number of pyridine rings is 1. The van der Waals surface area contributed by atoms with Gasteiger partial charge in [-0.3, -0.25) is 14.7 Å². The summed E-state index contributed by atoms with van der Waals surface area (Å²) in [5, 5.41) is 0. The van der Waals surface area contributed by atoms with E-state index in [1.807, 2.05) is 24.3 Å². The number of amides is 1. The topological polar surface area (TPSA) is 74.4 Å². The largest absolute Gasteiger partial charge is 0.573 e. The molecule has 1 saturated heterocycles. The molecule has 0 spiro atoms. The van der Waals surface area contributed by atoms with Gasteiger partial charge >= 0.3 is 6.36 Å². The van der Waals surface area contributed by atoms with Crippen LogP contribution in [0.15, 0.2) is 67.0 Å². The fraction of sp³-hybridized carbons (Fsp3) is 0.240. The first-order chi connectivity index (χ1) is 16.8. The van der Waals surface area contributed by atoms with Crippen LogP contribution in [0.1, 0.15) is 15.9 Å². The van der Waals surface area contributed by atoms with E-state index in [2.05, 4.69) is 24.6 Å². The highest BCUT2D eigenvalue weighted by Gasteiger charge is 2.31. The lowest BCUT2D eigenvalue weighted by Crippen LogP contribution is -2.48. The van der Waals surface area contributed by atoms with Gasteiger partial charge in [0.05, 0.1) is 11.0 Å². The third kappa shape index (κ3) is 5.43. The standard InChI is InChI=1S/C25H22F3N5O2/c26-25(27,28)35-20-5-1-3-17(13-20)16-32-9-11-33(12-10-32)24(34)18-6-7-21-22(14-18)31-23(30-21)19-4-2-8-29-15-19/h1-8,13-15H,9-12,16H2,(H,30,31). The van der Waals surface area contributed by atoms with Gasteiger partial charge in [0.1, 0.15) is 11.6 Å². The van der Waals surface area contributed by atoms with Gasteiger partial charge in [-0.1, -0.05) is 12.1 Å². The number of fused-ring (bicyclic) bond motifs is 1. The second-order valence-corrected chi connectivity index (χ2v) is 8.32. The number of carbonyl (C=O) groups is 1. The highest BCUT2D eigenvalue weighted by Crippen LogP contribution is 2.25. The number of halogens is 3. The molecule has 35 heavy (non-hydrogen) atoms. The van der Waals surface area contributed by atoms with Gasteiger partial charge in [0, 0.05) is 56.2 Å². The maximum atomic E-state index is 13.1. The Labute approximate surface area is 199 Å². The fourth-order valence-corrected chi connectivity index (χ4v) is 4.17. The van der Waals surface area contributed by atoms with E-state index in [4.69, 9.17) is 0 Å². The van der Waals surface area contributed by atoms with E-state index in [1.165, 1.54) is 12.1 Å². The molecule has 10 heteroatoms. The molecule has 180 valence electrons. The van der Waals surface area contributed by atoms with Gasteiger partial charge in [0.15, 0.2) is 0 Å². The van der Waals surface area contributed by atoms with Crippen LogP contribution in [0, 0.1) is 0 Å². The lowest BCUT2D eigenvalue weighted by Gasteiger charge is -2.34. The Morgan fingerprint density at radius 2 is 1.86 bits per heavy atom. The molecule has 1 N–H and O–H groups in total. The summed E-state index contributed by atoms with van der Waals surface area (Å²) in [5.41, 5.74) is 3.70.